The van der Waals surface area contributed by atoms with Crippen LogP contribution in [0.3, 0.4) is 0 Å². The van der Waals surface area contributed by atoms with Crippen molar-refractivity contribution in [2.75, 3.05) is 38.7 Å². The number of fused-ring (bicyclic) bond motifs is 2. The van der Waals surface area contributed by atoms with E-state index in [2.05, 4.69) is 5.32 Å². The number of nitrogens with one attached hydrogen (secondary N) is 1. The molecule has 0 bridgehead atoms. The molecule has 1 aromatic rings. The van der Waals surface area contributed by atoms with Crippen LogP contribution < -0.4 is 5.32 Å². The Balaban J connectivity index is 1.86. The highest BCUT2D eigenvalue weighted by Crippen LogP contribution is 2.25. The second kappa shape index (κ2) is 5.76. The fourth-order valence-electron chi connectivity index (χ4n) is 2.84. The van der Waals surface area contributed by atoms with Crippen LogP contribution in [0.2, 0.25) is 0 Å². The average Bonchev–Trinajstić information content (AvgIpc) is 2.63. The van der Waals surface area contributed by atoms with Crippen LogP contribution in [0.15, 0.2) is 24.3 Å². The monoisotopic (exact) mass is 303 g/mol. The first kappa shape index (κ1) is 14.5. The molecular weight excluding hydrogens is 286 g/mol. The van der Waals surface area contributed by atoms with Gasteiger partial charge in [0.25, 0.3) is 5.91 Å². The molecule has 1 saturated heterocycles. The van der Waals surface area contributed by atoms with Crippen LogP contribution in [0.4, 0.5) is 5.69 Å². The molecule has 2 aliphatic rings. The van der Waals surface area contributed by atoms with E-state index >= 15 is 0 Å². The minimum atomic E-state index is -0.672. The molecule has 1 N–H and O–H groups in total. The van der Waals surface area contributed by atoms with Gasteiger partial charge in [-0.1, -0.05) is 12.1 Å². The zero-order valence-electron chi connectivity index (χ0n) is 12.2. The zero-order chi connectivity index (χ0) is 15.7. The van der Waals surface area contributed by atoms with Crippen molar-refractivity contribution in [3.8, 4) is 0 Å². The molecule has 1 atom stereocenters. The zero-order valence-corrected chi connectivity index (χ0v) is 12.2. The SMILES string of the molecule is COCC(=O)N1CCN2C(=O)c3ccccc3NC(=O)C2C1. The lowest BCUT2D eigenvalue weighted by Crippen LogP contribution is -2.59. The van der Waals surface area contributed by atoms with Gasteiger partial charge in [0, 0.05) is 20.2 Å². The maximum atomic E-state index is 12.6. The first-order valence-corrected chi connectivity index (χ1v) is 7.09. The summed E-state index contributed by atoms with van der Waals surface area (Å²) in [6, 6.07) is 6.27. The molecule has 2 aliphatic heterocycles. The molecule has 0 radical (unpaired) electrons. The number of rotatable bonds is 2. The number of carbonyl (C=O) groups excluding carboxylic acids is 3. The molecule has 1 unspecified atom stereocenters. The molecular formula is C15H17N3O4. The predicted octanol–water partition coefficient (Wildman–Crippen LogP) is -0.0619. The molecule has 0 aliphatic carbocycles. The fraction of sp³-hybridized carbons (Fsp3) is 0.400. The summed E-state index contributed by atoms with van der Waals surface area (Å²) in [5.41, 5.74) is 0.997. The van der Waals surface area contributed by atoms with Crippen molar-refractivity contribution in [2.24, 2.45) is 0 Å². The van der Waals surface area contributed by atoms with Crippen LogP contribution in [0.25, 0.3) is 0 Å². The first-order chi connectivity index (χ1) is 10.6. The maximum absolute atomic E-state index is 12.6. The molecule has 0 saturated carbocycles. The Labute approximate surface area is 127 Å². The quantitative estimate of drug-likeness (QED) is 0.830. The number of ether oxygens (including phenoxy) is 1. The third kappa shape index (κ3) is 2.43. The number of nitrogens with zero attached hydrogens (tertiary/aromatic N) is 2. The Hall–Kier alpha value is -2.41. The topological polar surface area (TPSA) is 79.0 Å². The number of anilines is 1. The summed E-state index contributed by atoms with van der Waals surface area (Å²) in [7, 11) is 1.45. The van der Waals surface area contributed by atoms with E-state index in [9.17, 15) is 14.4 Å². The largest absolute Gasteiger partial charge is 0.375 e. The van der Waals surface area contributed by atoms with E-state index in [0.717, 1.165) is 0 Å². The van der Waals surface area contributed by atoms with Crippen molar-refractivity contribution < 1.29 is 19.1 Å². The van der Waals surface area contributed by atoms with Crippen LogP contribution >= 0.6 is 0 Å². The van der Waals surface area contributed by atoms with Crippen LogP contribution in [-0.2, 0) is 14.3 Å². The third-order valence-electron chi connectivity index (χ3n) is 3.98. The second-order valence-corrected chi connectivity index (χ2v) is 5.32. The predicted molar refractivity (Wildman–Crippen MR) is 78.4 cm³/mol. The lowest BCUT2D eigenvalue weighted by Gasteiger charge is -2.39. The van der Waals surface area contributed by atoms with E-state index in [1.807, 2.05) is 0 Å². The smallest absolute Gasteiger partial charge is 0.256 e. The number of piperazine rings is 1. The second-order valence-electron chi connectivity index (χ2n) is 5.32. The van der Waals surface area contributed by atoms with E-state index in [0.29, 0.717) is 24.3 Å². The van der Waals surface area contributed by atoms with E-state index in [-0.39, 0.29) is 30.9 Å². The molecule has 0 aromatic heterocycles. The van der Waals surface area contributed by atoms with Gasteiger partial charge in [0.15, 0.2) is 0 Å². The number of carbonyl (C=O) groups is 3. The normalized spacial score (nSPS) is 20.9. The molecule has 3 rings (SSSR count). The van der Waals surface area contributed by atoms with E-state index in [4.69, 9.17) is 4.74 Å². The highest BCUT2D eigenvalue weighted by atomic mass is 16.5. The van der Waals surface area contributed by atoms with Crippen LogP contribution in [0.5, 0.6) is 0 Å². The van der Waals surface area contributed by atoms with Gasteiger partial charge in [-0.3, -0.25) is 14.4 Å². The summed E-state index contributed by atoms with van der Waals surface area (Å²) in [5.74, 6) is -0.629. The van der Waals surface area contributed by atoms with Gasteiger partial charge in [0.05, 0.1) is 17.8 Å². The van der Waals surface area contributed by atoms with Crippen molar-refractivity contribution in [2.45, 2.75) is 6.04 Å². The van der Waals surface area contributed by atoms with Gasteiger partial charge in [-0.25, -0.2) is 0 Å². The molecule has 1 fully saturated rings. The van der Waals surface area contributed by atoms with Gasteiger partial charge < -0.3 is 19.9 Å². The Kier molecular flexibility index (Phi) is 3.81. The highest BCUT2D eigenvalue weighted by molar-refractivity contribution is 6.10. The van der Waals surface area contributed by atoms with Crippen molar-refractivity contribution >= 4 is 23.4 Å². The standard InChI is InChI=1S/C15H17N3O4/c1-22-9-13(19)17-6-7-18-12(8-17)14(20)16-11-5-3-2-4-10(11)15(18)21/h2-5,12H,6-9H2,1H3,(H,16,20). The van der Waals surface area contributed by atoms with E-state index in [1.165, 1.54) is 12.0 Å². The number of methoxy groups -OCH3 is 1. The summed E-state index contributed by atoms with van der Waals surface area (Å²) in [5, 5.41) is 2.77. The number of hydrogen-bond donors (Lipinski definition) is 1. The van der Waals surface area contributed by atoms with Crippen LogP contribution in [0, 0.1) is 0 Å². The van der Waals surface area contributed by atoms with Gasteiger partial charge in [-0.05, 0) is 12.1 Å². The molecule has 3 amide bonds. The van der Waals surface area contributed by atoms with Crippen LogP contribution in [0.1, 0.15) is 10.4 Å². The summed E-state index contributed by atoms with van der Waals surface area (Å²) in [6.45, 7) is 0.900. The molecule has 2 heterocycles. The van der Waals surface area contributed by atoms with Crippen molar-refractivity contribution in [3.63, 3.8) is 0 Å². The molecule has 7 heteroatoms. The minimum absolute atomic E-state index is 0.0253. The van der Waals surface area contributed by atoms with Crippen LogP contribution in [-0.4, -0.2) is 66.9 Å². The summed E-state index contributed by atoms with van der Waals surface area (Å²) in [4.78, 5) is 40.1. The lowest BCUT2D eigenvalue weighted by atomic mass is 10.1. The Morgan fingerprint density at radius 2 is 2.09 bits per heavy atom. The molecule has 116 valence electrons. The summed E-state index contributed by atoms with van der Waals surface area (Å²) < 4.78 is 4.84. The number of para-hydroxylation sites is 1. The Morgan fingerprint density at radius 3 is 2.86 bits per heavy atom. The maximum Gasteiger partial charge on any atom is 0.256 e. The Bertz CT molecular complexity index is 631. The van der Waals surface area contributed by atoms with E-state index < -0.39 is 6.04 Å². The number of benzene rings is 1. The molecule has 1 aromatic carbocycles. The molecule has 22 heavy (non-hydrogen) atoms. The number of amides is 3. The van der Waals surface area contributed by atoms with Gasteiger partial charge >= 0.3 is 0 Å². The lowest BCUT2D eigenvalue weighted by molar-refractivity contribution is -0.139. The highest BCUT2D eigenvalue weighted by Gasteiger charge is 2.40. The summed E-state index contributed by atoms with van der Waals surface area (Å²) >= 11 is 0. The third-order valence-corrected chi connectivity index (χ3v) is 3.98. The van der Waals surface area contributed by atoms with Gasteiger partial charge in [-0.15, -0.1) is 0 Å². The fourth-order valence-corrected chi connectivity index (χ4v) is 2.84. The van der Waals surface area contributed by atoms with Gasteiger partial charge in [-0.2, -0.15) is 0 Å². The first-order valence-electron chi connectivity index (χ1n) is 7.09. The average molecular weight is 303 g/mol. The molecule has 7 nitrogen and oxygen atoms in total. The van der Waals surface area contributed by atoms with E-state index in [1.54, 1.807) is 29.2 Å². The van der Waals surface area contributed by atoms with Gasteiger partial charge in [0.2, 0.25) is 11.8 Å². The summed E-state index contributed by atoms with van der Waals surface area (Å²) in [6.07, 6.45) is 0. The minimum Gasteiger partial charge on any atom is -0.375 e. The Morgan fingerprint density at radius 1 is 1.32 bits per heavy atom. The molecule has 0 spiro atoms. The van der Waals surface area contributed by atoms with Crippen molar-refractivity contribution in [1.29, 1.82) is 0 Å². The van der Waals surface area contributed by atoms with Gasteiger partial charge in [0.1, 0.15) is 12.6 Å². The number of hydrogen-bond acceptors (Lipinski definition) is 4. The van der Waals surface area contributed by atoms with Crippen molar-refractivity contribution in [3.05, 3.63) is 29.8 Å². The van der Waals surface area contributed by atoms with Crippen molar-refractivity contribution in [1.82, 2.24) is 9.80 Å².